The van der Waals surface area contributed by atoms with E-state index in [1.807, 2.05) is 0 Å². The van der Waals surface area contributed by atoms with Crippen LogP contribution in [0.15, 0.2) is 11.8 Å². The second-order valence-corrected chi connectivity index (χ2v) is 14.5. The molecule has 24 nitrogen and oxygen atoms in total. The van der Waals surface area contributed by atoms with E-state index in [-0.39, 0.29) is 31.6 Å². The number of carboxylic acids is 1. The fraction of sp³-hybridized carbons (Fsp3) is 0.870. The summed E-state index contributed by atoms with van der Waals surface area (Å²) in [5.74, 6) is -4.48. The van der Waals surface area contributed by atoms with Crippen molar-refractivity contribution in [1.29, 1.82) is 0 Å². The van der Waals surface area contributed by atoms with Gasteiger partial charge in [-0.3, -0.25) is 13.7 Å². The van der Waals surface area contributed by atoms with Crippen molar-refractivity contribution in [2.75, 3.05) is 33.0 Å². The quantitative estimate of drug-likeness (QED) is 0.0489. The Bertz CT molecular complexity index is 1510. The standard InChI is InChI=1S/C23H38O24S3.V/c1-9-20(46-49(34,35)36)19(27)21(47-50(37,38)39)16(43-9)7-41-5-11-10(23(30)45-15(17(11)25)8-42-48(31,32)33)2-3-40-6-14-18(26)12(24)4-13(44-14)22(28)29;/h4,9-12,14-21,23-27,30H,2-3,5-8H2,1H3,(H,28,29)(H,31,32,33)(H,34,35,36)(H,37,38,39);/t9?,10?,11?,12?,14?,15?,16-,17?,18?,19?,20+,21?,23?;/m0./s1. The molecule has 0 amide bonds. The Kier molecular flexibility index (Phi) is 17.1. The Morgan fingerprint density at radius 1 is 0.725 bits per heavy atom. The van der Waals surface area contributed by atoms with Crippen LogP contribution >= 0.6 is 0 Å². The van der Waals surface area contributed by atoms with Crippen LogP contribution in [0.4, 0.5) is 0 Å². The minimum atomic E-state index is -5.33. The van der Waals surface area contributed by atoms with Crippen molar-refractivity contribution < 1.29 is 129 Å². The van der Waals surface area contributed by atoms with E-state index in [1.54, 1.807) is 0 Å². The molecule has 3 rings (SSSR count). The fourth-order valence-corrected chi connectivity index (χ4v) is 6.87. The minimum Gasteiger partial charge on any atom is -0.478 e. The summed E-state index contributed by atoms with van der Waals surface area (Å²) in [7, 11) is -15.6. The molecule has 0 aromatic heterocycles. The molecule has 3 heterocycles. The number of carbonyl (C=O) groups is 1. The third-order valence-corrected chi connectivity index (χ3v) is 9.17. The molecule has 51 heavy (non-hydrogen) atoms. The van der Waals surface area contributed by atoms with Crippen LogP contribution in [0.5, 0.6) is 0 Å². The molecule has 0 aromatic carbocycles. The van der Waals surface area contributed by atoms with Gasteiger partial charge in [0.25, 0.3) is 0 Å². The van der Waals surface area contributed by atoms with Gasteiger partial charge in [0.2, 0.25) is 5.76 Å². The number of carboxylic acid groups (broad SMARTS) is 1. The Labute approximate surface area is 302 Å². The number of hydrogen-bond donors (Lipinski definition) is 9. The molecule has 11 unspecified atom stereocenters. The molecular formula is C23H38O24S3V. The summed E-state index contributed by atoms with van der Waals surface area (Å²) >= 11 is 0. The van der Waals surface area contributed by atoms with Crippen LogP contribution < -0.4 is 0 Å². The summed E-state index contributed by atoms with van der Waals surface area (Å²) in [5.41, 5.74) is 0. The molecule has 0 aliphatic carbocycles. The van der Waals surface area contributed by atoms with Gasteiger partial charge >= 0.3 is 37.2 Å². The van der Waals surface area contributed by atoms with Crippen LogP contribution in [0, 0.1) is 11.8 Å². The molecule has 297 valence electrons. The zero-order valence-corrected chi connectivity index (χ0v) is 30.0. The van der Waals surface area contributed by atoms with Crippen molar-refractivity contribution in [3.63, 3.8) is 0 Å². The van der Waals surface area contributed by atoms with E-state index in [0.29, 0.717) is 0 Å². The number of aliphatic hydroxyl groups is 5. The number of rotatable bonds is 17. The third kappa shape index (κ3) is 13.9. The normalized spacial score (nSPS) is 36.4. The maximum absolute atomic E-state index is 11.5. The SMILES string of the molecule is CC1O[C@@H](COCC2C(O)C(COS(=O)(=O)O)OC(O)C2CCOCC2OC(C(=O)O)=CC(O)C2O)C(OS(=O)(=O)O)C(O)[C@@H]1OS(=O)(=O)O.[V]. The Morgan fingerprint density at radius 2 is 1.31 bits per heavy atom. The second-order valence-electron chi connectivity index (χ2n) is 11.3. The van der Waals surface area contributed by atoms with Crippen LogP contribution in [-0.2, 0) is 90.8 Å². The molecule has 2 fully saturated rings. The molecule has 28 heteroatoms. The van der Waals surface area contributed by atoms with Gasteiger partial charge < -0.3 is 54.3 Å². The number of aliphatic carboxylic acids is 1. The Balaban J connectivity index is 0.00000901. The van der Waals surface area contributed by atoms with E-state index in [0.717, 1.165) is 6.08 Å². The van der Waals surface area contributed by atoms with Crippen LogP contribution in [0.3, 0.4) is 0 Å². The van der Waals surface area contributed by atoms with Crippen LogP contribution in [0.2, 0.25) is 0 Å². The number of hydrogen-bond acceptors (Lipinski definition) is 20. The predicted molar refractivity (Wildman–Crippen MR) is 153 cm³/mol. The van der Waals surface area contributed by atoms with Crippen LogP contribution in [-0.4, -0.2) is 176 Å². The zero-order chi connectivity index (χ0) is 37.8. The van der Waals surface area contributed by atoms with Crippen molar-refractivity contribution in [2.24, 2.45) is 11.8 Å². The smallest absolute Gasteiger partial charge is 0.397 e. The molecule has 3 aliphatic rings. The zero-order valence-electron chi connectivity index (χ0n) is 26.1. The average molecular weight is 846 g/mol. The Morgan fingerprint density at radius 3 is 1.88 bits per heavy atom. The monoisotopic (exact) mass is 845 g/mol. The topological polar surface area (TPSA) is 375 Å². The summed E-state index contributed by atoms with van der Waals surface area (Å²) in [5, 5.41) is 61.5. The van der Waals surface area contributed by atoms with Crippen LogP contribution in [0.25, 0.3) is 0 Å². The molecule has 0 saturated carbocycles. The summed E-state index contributed by atoms with van der Waals surface area (Å²) in [4.78, 5) is 11.2. The van der Waals surface area contributed by atoms with Gasteiger partial charge in [0.1, 0.15) is 42.7 Å². The van der Waals surface area contributed by atoms with Gasteiger partial charge in [-0.05, 0) is 19.4 Å². The molecular weight excluding hydrogens is 807 g/mol. The van der Waals surface area contributed by atoms with Gasteiger partial charge in [-0.2, -0.15) is 25.3 Å². The fourth-order valence-electron chi connectivity index (χ4n) is 5.49. The Hall–Kier alpha value is -1.16. The molecule has 1 radical (unpaired) electrons. The van der Waals surface area contributed by atoms with Crippen molar-refractivity contribution in [3.8, 4) is 0 Å². The van der Waals surface area contributed by atoms with Crippen molar-refractivity contribution in [1.82, 2.24) is 0 Å². The first-order valence-corrected chi connectivity index (χ1v) is 18.5. The van der Waals surface area contributed by atoms with Gasteiger partial charge in [-0.25, -0.2) is 17.3 Å². The van der Waals surface area contributed by atoms with E-state index in [1.165, 1.54) is 6.92 Å². The number of ether oxygens (including phenoxy) is 5. The van der Waals surface area contributed by atoms with Gasteiger partial charge in [0, 0.05) is 37.0 Å². The molecule has 0 spiro atoms. The summed E-state index contributed by atoms with van der Waals surface area (Å²) in [6, 6.07) is 0. The summed E-state index contributed by atoms with van der Waals surface area (Å²) in [6.07, 6.45) is -18.1. The van der Waals surface area contributed by atoms with E-state index in [4.69, 9.17) is 37.9 Å². The maximum Gasteiger partial charge on any atom is 0.397 e. The molecule has 2 saturated heterocycles. The molecule has 13 atom stereocenters. The third-order valence-electron chi connectivity index (χ3n) is 7.80. The van der Waals surface area contributed by atoms with Crippen molar-refractivity contribution >= 4 is 37.2 Å². The van der Waals surface area contributed by atoms with E-state index >= 15 is 0 Å². The minimum absolute atomic E-state index is 0. The molecule has 3 aliphatic heterocycles. The summed E-state index contributed by atoms with van der Waals surface area (Å²) < 4.78 is 135. The van der Waals surface area contributed by atoms with Crippen LogP contribution in [0.1, 0.15) is 13.3 Å². The van der Waals surface area contributed by atoms with Crippen molar-refractivity contribution in [3.05, 3.63) is 11.8 Å². The predicted octanol–water partition coefficient (Wildman–Crippen LogP) is -4.85. The van der Waals surface area contributed by atoms with E-state index in [2.05, 4.69) is 12.5 Å². The molecule has 9 N–H and O–H groups in total. The van der Waals surface area contributed by atoms with Gasteiger partial charge in [0.15, 0.2) is 12.4 Å². The largest absolute Gasteiger partial charge is 0.478 e. The second kappa shape index (κ2) is 18.9. The first kappa shape index (κ1) is 46.0. The van der Waals surface area contributed by atoms with Gasteiger partial charge in [-0.1, -0.05) is 0 Å². The molecule has 0 aromatic rings. The first-order valence-electron chi connectivity index (χ1n) is 14.4. The average Bonchev–Trinajstić information content (AvgIpc) is 2.97. The van der Waals surface area contributed by atoms with Crippen molar-refractivity contribution in [2.45, 2.75) is 80.7 Å². The van der Waals surface area contributed by atoms with Gasteiger partial charge in [-0.15, -0.1) is 0 Å². The maximum atomic E-state index is 11.5. The van der Waals surface area contributed by atoms with E-state index in [9.17, 15) is 60.1 Å². The molecule has 0 bridgehead atoms. The first-order chi connectivity index (χ1) is 23.0. The summed E-state index contributed by atoms with van der Waals surface area (Å²) in [6.45, 7) is -1.85. The van der Waals surface area contributed by atoms with Gasteiger partial charge in [0.05, 0.1) is 38.6 Å². The number of aliphatic hydroxyl groups excluding tert-OH is 5. The van der Waals surface area contributed by atoms with E-state index < -0.39 is 149 Å².